The topological polar surface area (TPSA) is 82.3 Å². The van der Waals surface area contributed by atoms with Gasteiger partial charge in [0, 0.05) is 12.6 Å². The molecular weight excluding hydrogens is 454 g/mol. The second kappa shape index (κ2) is 10.9. The highest BCUT2D eigenvalue weighted by molar-refractivity contribution is 5.91. The number of hydrogen-bond acceptors (Lipinski definition) is 2. The van der Waals surface area contributed by atoms with Crippen LogP contribution >= 0.6 is 0 Å². The van der Waals surface area contributed by atoms with Crippen LogP contribution in [0.5, 0.6) is 0 Å². The van der Waals surface area contributed by atoms with Crippen LogP contribution in [0.25, 0.3) is 0 Å². The van der Waals surface area contributed by atoms with Crippen molar-refractivity contribution in [3.05, 3.63) is 59.7 Å². The van der Waals surface area contributed by atoms with E-state index < -0.39 is 53.0 Å². The number of alkyl halides is 6. The molecule has 2 rings (SSSR count). The zero-order valence-electron chi connectivity index (χ0n) is 17.4. The van der Waals surface area contributed by atoms with Crippen LogP contribution in [0.1, 0.15) is 30.9 Å². The van der Waals surface area contributed by atoms with Gasteiger partial charge >= 0.3 is 24.4 Å². The number of urea groups is 2. The third-order valence-corrected chi connectivity index (χ3v) is 4.57. The molecule has 0 saturated heterocycles. The normalized spacial score (nSPS) is 12.6. The molecule has 2 aromatic rings. The molecule has 0 aliphatic heterocycles. The summed E-state index contributed by atoms with van der Waals surface area (Å²) in [5.41, 5.74) is -2.80. The molecule has 0 saturated carbocycles. The number of amides is 4. The average Bonchev–Trinajstić information content (AvgIpc) is 2.72. The maximum Gasteiger partial charge on any atom is 0.418 e. The molecule has 6 nitrogen and oxygen atoms in total. The van der Waals surface area contributed by atoms with Crippen molar-refractivity contribution >= 4 is 23.4 Å². The number of halogens is 6. The summed E-state index contributed by atoms with van der Waals surface area (Å²) in [5, 5.41) is 9.18. The Bertz CT molecular complexity index is 962. The third kappa shape index (κ3) is 7.88. The molecule has 0 heterocycles. The number of para-hydroxylation sites is 2. The molecule has 0 spiro atoms. The Labute approximate surface area is 185 Å². The van der Waals surface area contributed by atoms with Crippen LogP contribution in [-0.2, 0) is 12.4 Å². The third-order valence-electron chi connectivity index (χ3n) is 4.57. The smallest absolute Gasteiger partial charge is 0.338 e. The van der Waals surface area contributed by atoms with E-state index in [-0.39, 0.29) is 13.0 Å². The molecular formula is C21H22F6N4O2. The molecule has 0 aliphatic rings. The minimum atomic E-state index is -4.64. The van der Waals surface area contributed by atoms with E-state index in [0.717, 1.165) is 24.3 Å². The van der Waals surface area contributed by atoms with Crippen LogP contribution in [-0.4, -0.2) is 24.6 Å². The lowest BCUT2D eigenvalue weighted by Gasteiger charge is -2.19. The van der Waals surface area contributed by atoms with Gasteiger partial charge in [-0.1, -0.05) is 31.2 Å². The molecule has 1 unspecified atom stereocenters. The van der Waals surface area contributed by atoms with Gasteiger partial charge in [-0.15, -0.1) is 0 Å². The molecule has 33 heavy (non-hydrogen) atoms. The Morgan fingerprint density at radius 3 is 1.70 bits per heavy atom. The van der Waals surface area contributed by atoms with E-state index in [9.17, 15) is 35.9 Å². The van der Waals surface area contributed by atoms with Crippen molar-refractivity contribution in [3.8, 4) is 0 Å². The fourth-order valence-corrected chi connectivity index (χ4v) is 2.93. The SMILES string of the molecule is CCC(CCNC(=O)Nc1ccccc1C(F)(F)F)NC(=O)Nc1ccccc1C(F)(F)F. The molecule has 4 amide bonds. The summed E-state index contributed by atoms with van der Waals surface area (Å²) >= 11 is 0. The number of benzene rings is 2. The van der Waals surface area contributed by atoms with Crippen LogP contribution in [0.3, 0.4) is 0 Å². The molecule has 2 aromatic carbocycles. The zero-order chi connectivity index (χ0) is 24.6. The van der Waals surface area contributed by atoms with Gasteiger partial charge in [-0.05, 0) is 37.1 Å². The Balaban J connectivity index is 1.87. The van der Waals surface area contributed by atoms with Gasteiger partial charge < -0.3 is 21.3 Å². The van der Waals surface area contributed by atoms with Gasteiger partial charge in [0.15, 0.2) is 0 Å². The highest BCUT2D eigenvalue weighted by atomic mass is 19.4. The summed E-state index contributed by atoms with van der Waals surface area (Å²) in [6, 6.07) is 6.76. The Kier molecular flexibility index (Phi) is 8.55. The van der Waals surface area contributed by atoms with Crippen LogP contribution < -0.4 is 21.3 Å². The predicted octanol–water partition coefficient (Wildman–Crippen LogP) is 5.84. The van der Waals surface area contributed by atoms with Crippen LogP contribution in [0.15, 0.2) is 48.5 Å². The molecule has 180 valence electrons. The van der Waals surface area contributed by atoms with Gasteiger partial charge in [-0.25, -0.2) is 9.59 Å². The first-order valence-electron chi connectivity index (χ1n) is 9.86. The molecule has 0 radical (unpaired) electrons. The Morgan fingerprint density at radius 1 is 0.788 bits per heavy atom. The quantitative estimate of drug-likeness (QED) is 0.379. The fraction of sp³-hybridized carbons (Fsp3) is 0.333. The van der Waals surface area contributed by atoms with Crippen LogP contribution in [0.2, 0.25) is 0 Å². The van der Waals surface area contributed by atoms with Crippen molar-refractivity contribution in [2.45, 2.75) is 38.2 Å². The van der Waals surface area contributed by atoms with Gasteiger partial charge in [0.1, 0.15) is 0 Å². The standard InChI is InChI=1S/C21H22F6N4O2/c1-2-13(29-19(33)31-17-10-6-4-8-15(17)21(25,26)27)11-12-28-18(32)30-16-9-5-3-7-14(16)20(22,23)24/h3-10,13H,2,11-12H2,1H3,(H2,28,30,32)(H2,29,31,33). The van der Waals surface area contributed by atoms with E-state index in [1.165, 1.54) is 24.3 Å². The highest BCUT2D eigenvalue weighted by Crippen LogP contribution is 2.35. The lowest BCUT2D eigenvalue weighted by Crippen LogP contribution is -2.40. The van der Waals surface area contributed by atoms with E-state index >= 15 is 0 Å². The first kappa shape index (κ1) is 25.8. The van der Waals surface area contributed by atoms with E-state index in [2.05, 4.69) is 21.3 Å². The molecule has 0 fully saturated rings. The number of anilines is 2. The number of nitrogens with one attached hydrogen (secondary N) is 4. The summed E-state index contributed by atoms with van der Waals surface area (Å²) in [6.45, 7) is 1.71. The number of hydrogen-bond donors (Lipinski definition) is 4. The number of carbonyl (C=O) groups is 2. The molecule has 4 N–H and O–H groups in total. The van der Waals surface area contributed by atoms with Gasteiger partial charge in [0.2, 0.25) is 0 Å². The zero-order valence-corrected chi connectivity index (χ0v) is 17.4. The molecule has 0 aliphatic carbocycles. The van der Waals surface area contributed by atoms with E-state index in [1.807, 2.05) is 0 Å². The summed E-state index contributed by atoms with van der Waals surface area (Å²) in [6.07, 6.45) is -8.69. The van der Waals surface area contributed by atoms with Crippen molar-refractivity contribution < 1.29 is 35.9 Å². The second-order valence-corrected chi connectivity index (χ2v) is 6.96. The maximum atomic E-state index is 13.0. The van der Waals surface area contributed by atoms with E-state index in [4.69, 9.17) is 0 Å². The summed E-state index contributed by atoms with van der Waals surface area (Å²) in [5.74, 6) is 0. The minimum absolute atomic E-state index is 0.00204. The van der Waals surface area contributed by atoms with Gasteiger partial charge in [-0.3, -0.25) is 0 Å². The van der Waals surface area contributed by atoms with Crippen molar-refractivity contribution in [2.75, 3.05) is 17.2 Å². The fourth-order valence-electron chi connectivity index (χ4n) is 2.93. The molecule has 12 heteroatoms. The minimum Gasteiger partial charge on any atom is -0.338 e. The summed E-state index contributed by atoms with van der Waals surface area (Å²) < 4.78 is 78.1. The van der Waals surface area contributed by atoms with Crippen LogP contribution in [0.4, 0.5) is 47.3 Å². The van der Waals surface area contributed by atoms with Crippen molar-refractivity contribution in [2.24, 2.45) is 0 Å². The largest absolute Gasteiger partial charge is 0.418 e. The van der Waals surface area contributed by atoms with Crippen molar-refractivity contribution in [1.29, 1.82) is 0 Å². The monoisotopic (exact) mass is 476 g/mol. The highest BCUT2D eigenvalue weighted by Gasteiger charge is 2.34. The first-order valence-corrected chi connectivity index (χ1v) is 9.86. The summed E-state index contributed by atoms with van der Waals surface area (Å²) in [4.78, 5) is 24.1. The molecule has 0 bridgehead atoms. The molecule has 1 atom stereocenters. The van der Waals surface area contributed by atoms with Gasteiger partial charge in [0.25, 0.3) is 0 Å². The average molecular weight is 476 g/mol. The van der Waals surface area contributed by atoms with Crippen molar-refractivity contribution in [3.63, 3.8) is 0 Å². The maximum absolute atomic E-state index is 13.0. The number of carbonyl (C=O) groups excluding carboxylic acids is 2. The summed E-state index contributed by atoms with van der Waals surface area (Å²) in [7, 11) is 0. The molecule has 0 aromatic heterocycles. The van der Waals surface area contributed by atoms with Crippen molar-refractivity contribution in [1.82, 2.24) is 10.6 Å². The van der Waals surface area contributed by atoms with E-state index in [0.29, 0.717) is 6.42 Å². The Hall–Kier alpha value is -3.44. The van der Waals surface area contributed by atoms with Gasteiger partial charge in [-0.2, -0.15) is 26.3 Å². The lowest BCUT2D eigenvalue weighted by atomic mass is 10.1. The van der Waals surface area contributed by atoms with E-state index in [1.54, 1.807) is 6.92 Å². The Morgan fingerprint density at radius 2 is 1.24 bits per heavy atom. The van der Waals surface area contributed by atoms with Gasteiger partial charge in [0.05, 0.1) is 22.5 Å². The lowest BCUT2D eigenvalue weighted by molar-refractivity contribution is -0.137. The van der Waals surface area contributed by atoms with Crippen LogP contribution in [0, 0.1) is 0 Å². The second-order valence-electron chi connectivity index (χ2n) is 6.96. The number of rotatable bonds is 7. The predicted molar refractivity (Wildman–Crippen MR) is 111 cm³/mol. The first-order chi connectivity index (χ1) is 15.4.